The van der Waals surface area contributed by atoms with E-state index >= 15 is 0 Å². The predicted octanol–water partition coefficient (Wildman–Crippen LogP) is 6.91. The molecule has 1 aliphatic heterocycles. The first kappa shape index (κ1) is 39.9. The first-order valence-corrected chi connectivity index (χ1v) is 21.8. The number of thiazole rings is 1. The van der Waals surface area contributed by atoms with Gasteiger partial charge in [0, 0.05) is 60.7 Å². The van der Waals surface area contributed by atoms with Crippen LogP contribution in [0, 0.1) is 30.1 Å². The van der Waals surface area contributed by atoms with Crippen molar-refractivity contribution in [3.63, 3.8) is 0 Å². The normalized spacial score (nSPS) is 25.9. The lowest BCUT2D eigenvalue weighted by molar-refractivity contribution is -0.249. The van der Waals surface area contributed by atoms with Crippen molar-refractivity contribution in [3.05, 3.63) is 65.1 Å². The molecule has 59 heavy (non-hydrogen) atoms. The Hall–Kier alpha value is -4.54. The minimum Gasteiger partial charge on any atom is -0.476 e. The maximum atomic E-state index is 12.9. The maximum absolute atomic E-state index is 12.9. The van der Waals surface area contributed by atoms with Crippen LogP contribution in [0.15, 0.2) is 42.6 Å². The van der Waals surface area contributed by atoms with Crippen LogP contribution in [0.25, 0.3) is 21.3 Å². The van der Waals surface area contributed by atoms with E-state index in [9.17, 15) is 20.1 Å². The van der Waals surface area contributed by atoms with Crippen LogP contribution < -0.4 is 10.2 Å². The molecule has 0 saturated heterocycles. The molecule has 4 aromatic heterocycles. The number of aromatic carboxylic acids is 1. The predicted molar refractivity (Wildman–Crippen MR) is 228 cm³/mol. The minimum absolute atomic E-state index is 0.00941. The van der Waals surface area contributed by atoms with Gasteiger partial charge in [0.15, 0.2) is 22.5 Å². The van der Waals surface area contributed by atoms with Gasteiger partial charge in [-0.1, -0.05) is 37.3 Å². The van der Waals surface area contributed by atoms with Gasteiger partial charge in [-0.25, -0.2) is 14.8 Å². The van der Waals surface area contributed by atoms with E-state index in [1.54, 1.807) is 17.5 Å². The van der Waals surface area contributed by atoms with Crippen LogP contribution in [0.3, 0.4) is 0 Å². The van der Waals surface area contributed by atoms with E-state index in [1.807, 2.05) is 55.1 Å². The molecule has 10 rings (SSSR count). The summed E-state index contributed by atoms with van der Waals surface area (Å²) >= 11 is 1.57. The maximum Gasteiger partial charge on any atom is 0.355 e. The molecule has 4 saturated carbocycles. The standard InChI is InChI=1S/C44H55N9O5S/c1-28-30-8-7-13-52(38(30)50-49-37(28)48-40-46-33-9-5-6-10-34(33)59-40)35-12-11-31(36(47-35)39(56)57)32-20-45-53(29(32)2)27-43-22-41(3)21-42(4,23-43)25-44(24-41,26-43)58-19-16-51(14-17-54)15-18-55/h5-6,9-12,20,54-55H,7-8,13-19,21-27H2,1-4H3,(H,56,57)(H,46,48,49). The number of nitrogens with zero attached hydrogens (tertiary/aromatic N) is 8. The van der Waals surface area contributed by atoms with E-state index in [4.69, 9.17) is 19.8 Å². The van der Waals surface area contributed by atoms with Gasteiger partial charge < -0.3 is 30.3 Å². The zero-order valence-electron chi connectivity index (χ0n) is 34.5. The highest BCUT2D eigenvalue weighted by Crippen LogP contribution is 2.72. The largest absolute Gasteiger partial charge is 0.476 e. The van der Waals surface area contributed by atoms with E-state index < -0.39 is 5.97 Å². The molecule has 4 bridgehead atoms. The van der Waals surface area contributed by atoms with Crippen molar-refractivity contribution in [1.82, 2.24) is 34.8 Å². The Kier molecular flexibility index (Phi) is 10.3. The lowest BCUT2D eigenvalue weighted by Crippen LogP contribution is -2.64. The third-order valence-corrected chi connectivity index (χ3v) is 14.4. The van der Waals surface area contributed by atoms with Gasteiger partial charge in [0.2, 0.25) is 0 Å². The highest BCUT2D eigenvalue weighted by molar-refractivity contribution is 7.22. The Labute approximate surface area is 348 Å². The number of nitrogens with one attached hydrogen (secondary N) is 1. The molecule has 2 unspecified atom stereocenters. The van der Waals surface area contributed by atoms with Crippen LogP contribution >= 0.6 is 11.3 Å². The van der Waals surface area contributed by atoms with E-state index in [-0.39, 0.29) is 40.8 Å². The van der Waals surface area contributed by atoms with E-state index in [0.29, 0.717) is 55.8 Å². The van der Waals surface area contributed by atoms with Crippen molar-refractivity contribution in [2.24, 2.45) is 16.2 Å². The summed E-state index contributed by atoms with van der Waals surface area (Å²) in [5.41, 5.74) is 5.26. The fraction of sp³-hybridized carbons (Fsp3) is 0.545. The van der Waals surface area contributed by atoms with Crippen LogP contribution in [-0.4, -0.2) is 108 Å². The second-order valence-corrected chi connectivity index (χ2v) is 19.5. The molecule has 2 atom stereocenters. The third-order valence-electron chi connectivity index (χ3n) is 13.4. The number of benzene rings is 1. The zero-order chi connectivity index (χ0) is 41.2. The third kappa shape index (κ3) is 7.49. The average Bonchev–Trinajstić information content (AvgIpc) is 3.76. The summed E-state index contributed by atoms with van der Waals surface area (Å²) in [4.78, 5) is 26.5. The summed E-state index contributed by atoms with van der Waals surface area (Å²) in [6, 6.07) is 11.8. The lowest BCUT2D eigenvalue weighted by Gasteiger charge is -2.69. The van der Waals surface area contributed by atoms with Crippen LogP contribution in [0.2, 0.25) is 0 Å². The van der Waals surface area contributed by atoms with Gasteiger partial charge in [0.25, 0.3) is 0 Å². The molecule has 4 N–H and O–H groups in total. The first-order chi connectivity index (χ1) is 28.3. The summed E-state index contributed by atoms with van der Waals surface area (Å²) in [6.07, 6.45) is 9.91. The highest BCUT2D eigenvalue weighted by atomic mass is 32.1. The average molecular weight is 822 g/mol. The zero-order valence-corrected chi connectivity index (χ0v) is 35.3. The van der Waals surface area contributed by atoms with Gasteiger partial charge in [-0.2, -0.15) is 5.10 Å². The fourth-order valence-corrected chi connectivity index (χ4v) is 13.1. The van der Waals surface area contributed by atoms with Crippen LogP contribution in [0.4, 0.5) is 22.6 Å². The number of hydrogen-bond acceptors (Lipinski definition) is 13. The van der Waals surface area contributed by atoms with E-state index in [2.05, 4.69) is 38.9 Å². The molecule has 0 radical (unpaired) electrons. The van der Waals surface area contributed by atoms with Gasteiger partial charge in [-0.3, -0.25) is 9.58 Å². The number of aliphatic hydroxyl groups is 2. The summed E-state index contributed by atoms with van der Waals surface area (Å²) in [5, 5.41) is 47.9. The first-order valence-electron chi connectivity index (χ1n) is 20.9. The molecule has 5 aromatic rings. The molecule has 5 heterocycles. The number of aliphatic hydroxyl groups excluding tert-OH is 2. The van der Waals surface area contributed by atoms with Crippen molar-refractivity contribution in [2.75, 3.05) is 56.2 Å². The summed E-state index contributed by atoms with van der Waals surface area (Å²) < 4.78 is 10.1. The number of rotatable bonds is 15. The smallest absolute Gasteiger partial charge is 0.355 e. The van der Waals surface area contributed by atoms with Crippen molar-refractivity contribution >= 4 is 50.1 Å². The topological polar surface area (TPSA) is 175 Å². The molecule has 0 spiro atoms. The van der Waals surface area contributed by atoms with Gasteiger partial charge in [-0.05, 0) is 106 Å². The van der Waals surface area contributed by atoms with Crippen molar-refractivity contribution in [2.45, 2.75) is 91.2 Å². The molecule has 1 aromatic carbocycles. The fourth-order valence-electron chi connectivity index (χ4n) is 12.3. The molecular weight excluding hydrogens is 767 g/mol. The Morgan fingerprint density at radius 3 is 2.42 bits per heavy atom. The number of pyridine rings is 1. The van der Waals surface area contributed by atoms with Crippen LogP contribution in [0.1, 0.15) is 86.1 Å². The van der Waals surface area contributed by atoms with Crippen molar-refractivity contribution < 1.29 is 24.9 Å². The van der Waals surface area contributed by atoms with Gasteiger partial charge >= 0.3 is 5.97 Å². The molecule has 312 valence electrons. The Balaban J connectivity index is 0.959. The number of hydrogen-bond donors (Lipinski definition) is 4. The van der Waals surface area contributed by atoms with Crippen LogP contribution in [0.5, 0.6) is 0 Å². The summed E-state index contributed by atoms with van der Waals surface area (Å²) in [7, 11) is 0. The number of aromatic nitrogens is 6. The van der Waals surface area contributed by atoms with Gasteiger partial charge in [-0.15, -0.1) is 10.2 Å². The number of anilines is 4. The Bertz CT molecular complexity index is 2340. The highest BCUT2D eigenvalue weighted by Gasteiger charge is 2.66. The second kappa shape index (κ2) is 15.2. The number of carboxylic acids is 1. The Morgan fingerprint density at radius 1 is 0.932 bits per heavy atom. The molecular formula is C44H55N9O5S. The summed E-state index contributed by atoms with van der Waals surface area (Å²) in [5.74, 6) is 0.776. The Morgan fingerprint density at radius 2 is 1.69 bits per heavy atom. The number of para-hydroxylation sites is 1. The number of carbonyl (C=O) groups is 1. The molecule has 14 nitrogen and oxygen atoms in total. The SMILES string of the molecule is Cc1c(Nc2nc3ccccc3s2)nnc2c1CCCN2c1ccc(-c2cnn(CC34CC5(C)CC(C)(C3)CC(OCCN(CCO)CCO)(C5)C4)c2C)c(C(=O)O)n1. The van der Waals surface area contributed by atoms with E-state index in [0.717, 1.165) is 89.2 Å². The monoisotopic (exact) mass is 821 g/mol. The molecule has 5 aliphatic rings. The molecule has 4 fully saturated rings. The number of carboxylic acid groups (broad SMARTS) is 1. The van der Waals surface area contributed by atoms with E-state index in [1.165, 1.54) is 6.42 Å². The summed E-state index contributed by atoms with van der Waals surface area (Å²) in [6.45, 7) is 12.7. The van der Waals surface area contributed by atoms with Crippen LogP contribution in [-0.2, 0) is 17.7 Å². The molecule has 4 aliphatic carbocycles. The number of fused-ring (bicyclic) bond motifs is 2. The van der Waals surface area contributed by atoms with Gasteiger partial charge in [0.1, 0.15) is 5.82 Å². The van der Waals surface area contributed by atoms with Gasteiger partial charge in [0.05, 0.1) is 41.8 Å². The number of ether oxygens (including phenoxy) is 1. The second-order valence-electron chi connectivity index (χ2n) is 18.5. The lowest BCUT2D eigenvalue weighted by atomic mass is 9.39. The van der Waals surface area contributed by atoms with Crippen molar-refractivity contribution in [3.8, 4) is 11.1 Å². The molecule has 0 amide bonds. The van der Waals surface area contributed by atoms with Crippen molar-refractivity contribution in [1.29, 1.82) is 0 Å². The quantitative estimate of drug-likeness (QED) is 0.0859. The minimum atomic E-state index is -1.10. The molecule has 15 heteroatoms.